The number of carboxylic acid groups (broad SMARTS) is 1. The molecule has 0 bridgehead atoms. The normalized spacial score (nSPS) is 27.7. The van der Waals surface area contributed by atoms with Crippen LogP contribution < -0.4 is 50.5 Å². The van der Waals surface area contributed by atoms with E-state index in [9.17, 15) is 19.5 Å². The van der Waals surface area contributed by atoms with Crippen molar-refractivity contribution in [1.82, 2.24) is 15.2 Å². The third kappa shape index (κ3) is 3.48. The van der Waals surface area contributed by atoms with Crippen molar-refractivity contribution in [3.63, 3.8) is 0 Å². The minimum Gasteiger partial charge on any atom is -0.543 e. The Morgan fingerprint density at radius 3 is 2.80 bits per heavy atom. The molecular weight excluding hydrogens is 505 g/mol. The molecule has 3 N–H and O–H groups in total. The number of carbonyl (C=O) groups excluding carboxylic acids is 3. The zero-order chi connectivity index (χ0) is 23.7. The van der Waals surface area contributed by atoms with Crippen LogP contribution in [0.1, 0.15) is 17.2 Å². The minimum atomic E-state index is -1.44. The fraction of sp³-hybridized carbons (Fsp3) is 0.286. The second kappa shape index (κ2) is 8.82. The molecule has 2 amide bonds. The van der Waals surface area contributed by atoms with Crippen molar-refractivity contribution in [3.8, 4) is 5.75 Å². The number of carboxylic acids is 1. The molecule has 3 aliphatic heterocycles. The van der Waals surface area contributed by atoms with Crippen LogP contribution in [0.25, 0.3) is 0 Å². The number of nitrogen functional groups attached to an aromatic ring is 1. The monoisotopic (exact) mass is 521 g/mol. The Kier molecular flexibility index (Phi) is 6.08. The van der Waals surface area contributed by atoms with E-state index in [1.165, 1.54) is 23.8 Å². The number of thioether (sulfide) groups is 1. The Labute approximate surface area is 229 Å². The number of β-lactam (4-membered cyclic amide) rings is 1. The number of nitrogens with two attached hydrogens (primary N) is 1. The first kappa shape index (κ1) is 24.1. The summed E-state index contributed by atoms with van der Waals surface area (Å²) in [4.78, 5) is 48.0. The Balaban J connectivity index is 0.00000253. The molecule has 2 fully saturated rings. The number of hydrogen-bond donors (Lipinski definition) is 2. The first-order valence-electron chi connectivity index (χ1n) is 10.2. The fourth-order valence-electron chi connectivity index (χ4n) is 4.86. The molecule has 1 saturated carbocycles. The number of hydrogen-bond acceptors (Lipinski definition) is 11. The van der Waals surface area contributed by atoms with E-state index < -0.39 is 35.3 Å². The van der Waals surface area contributed by atoms with Crippen molar-refractivity contribution >= 4 is 51.7 Å². The molecule has 4 heterocycles. The van der Waals surface area contributed by atoms with Gasteiger partial charge in [-0.15, -0.1) is 23.1 Å². The number of aliphatic carboxylic acids is 1. The van der Waals surface area contributed by atoms with Gasteiger partial charge in [0.2, 0.25) is 0 Å². The number of nitrogens with zero attached hydrogens (tertiary/aromatic N) is 3. The number of benzene rings is 1. The van der Waals surface area contributed by atoms with Crippen LogP contribution >= 0.6 is 23.1 Å². The molecule has 1 saturated heterocycles. The molecule has 2 aromatic rings. The average molecular weight is 522 g/mol. The molecule has 14 heteroatoms. The van der Waals surface area contributed by atoms with Gasteiger partial charge in [0.25, 0.3) is 11.8 Å². The van der Waals surface area contributed by atoms with Gasteiger partial charge < -0.3 is 30.5 Å². The molecule has 35 heavy (non-hydrogen) atoms. The molecule has 1 aliphatic carbocycles. The maximum absolute atomic E-state index is 13.0. The van der Waals surface area contributed by atoms with Gasteiger partial charge in [0.15, 0.2) is 10.8 Å². The standard InChI is InChI=1S/C21H17N5O6S2.Na/c1-31-25-12(8-6-33-21(22)23-8)17(27)24-13-18(28)26-14(20(29)30)11-15-10(16(11)34-19(13)26)7-4-2-3-5-9(7)32-15;/h2-6,10,13,15-16,19H,1H3,(H2,22,23)(H,24,27)(H,29,30);/q;+1/p-1/b25-12-;/t10-,13+,15+,16-,19+;/m0./s1. The van der Waals surface area contributed by atoms with Gasteiger partial charge in [-0.05, 0) is 6.07 Å². The summed E-state index contributed by atoms with van der Waals surface area (Å²) < 4.78 is 5.98. The second-order valence-electron chi connectivity index (χ2n) is 7.99. The van der Waals surface area contributed by atoms with Crippen LogP contribution in [-0.2, 0) is 19.2 Å². The summed E-state index contributed by atoms with van der Waals surface area (Å²) >= 11 is 2.56. The van der Waals surface area contributed by atoms with Gasteiger partial charge >= 0.3 is 29.6 Å². The predicted octanol–water partition coefficient (Wildman–Crippen LogP) is -3.59. The summed E-state index contributed by atoms with van der Waals surface area (Å²) in [6.07, 6.45) is -0.444. The zero-order valence-electron chi connectivity index (χ0n) is 18.5. The molecule has 5 atom stereocenters. The van der Waals surface area contributed by atoms with Crippen molar-refractivity contribution in [2.75, 3.05) is 12.8 Å². The number of oxime groups is 1. The van der Waals surface area contributed by atoms with Gasteiger partial charge in [-0.3, -0.25) is 14.5 Å². The van der Waals surface area contributed by atoms with Gasteiger partial charge in [-0.25, -0.2) is 4.98 Å². The molecule has 1 aromatic heterocycles. The van der Waals surface area contributed by atoms with E-state index in [0.29, 0.717) is 11.3 Å². The fourth-order valence-corrected chi connectivity index (χ4v) is 7.23. The van der Waals surface area contributed by atoms with E-state index >= 15 is 0 Å². The number of amides is 2. The Hall–Kier alpha value is -2.58. The smallest absolute Gasteiger partial charge is 0.543 e. The number of fused-ring (bicyclic) bond motifs is 7. The van der Waals surface area contributed by atoms with Crippen molar-refractivity contribution in [3.05, 3.63) is 52.2 Å². The van der Waals surface area contributed by atoms with Gasteiger partial charge in [0.05, 0.1) is 11.7 Å². The number of thiazole rings is 1. The van der Waals surface area contributed by atoms with Crippen molar-refractivity contribution in [2.24, 2.45) is 5.16 Å². The maximum Gasteiger partial charge on any atom is 1.00 e. The van der Waals surface area contributed by atoms with Gasteiger partial charge in [0, 0.05) is 27.7 Å². The molecule has 1 aromatic carbocycles. The third-order valence-corrected chi connectivity index (χ3v) is 8.56. The van der Waals surface area contributed by atoms with E-state index in [1.54, 1.807) is 5.38 Å². The van der Waals surface area contributed by atoms with Crippen LogP contribution in [0, 0.1) is 0 Å². The second-order valence-corrected chi connectivity index (χ2v) is 10.1. The van der Waals surface area contributed by atoms with Crippen LogP contribution in [0.5, 0.6) is 5.75 Å². The summed E-state index contributed by atoms with van der Waals surface area (Å²) in [5, 5.41) is 19.4. The molecule has 0 unspecified atom stereocenters. The largest absolute Gasteiger partial charge is 1.00 e. The van der Waals surface area contributed by atoms with Crippen LogP contribution in [0.2, 0.25) is 0 Å². The SMILES string of the molecule is CO/N=C(\C(=O)N[C@@H]1C(=O)N2C(C(=O)[O-])=C3[C@@H](S[C@H]12)[C@H]1c2ccccc2O[C@@H]31)c1csc(N)n1.[Na+]. The first-order valence-corrected chi connectivity index (χ1v) is 12.1. The average Bonchev–Trinajstić information content (AvgIpc) is 3.38. The van der Waals surface area contributed by atoms with E-state index in [1.807, 2.05) is 24.3 Å². The van der Waals surface area contributed by atoms with E-state index in [2.05, 4.69) is 15.5 Å². The van der Waals surface area contributed by atoms with Crippen LogP contribution in [-0.4, -0.2) is 63.3 Å². The first-order chi connectivity index (χ1) is 16.4. The zero-order valence-corrected chi connectivity index (χ0v) is 22.1. The summed E-state index contributed by atoms with van der Waals surface area (Å²) in [5.74, 6) is -2.01. The number of ether oxygens (including phenoxy) is 1. The molecule has 11 nitrogen and oxygen atoms in total. The molecule has 174 valence electrons. The van der Waals surface area contributed by atoms with Crippen molar-refractivity contribution in [2.45, 2.75) is 28.7 Å². The summed E-state index contributed by atoms with van der Waals surface area (Å²) in [6, 6.07) is 6.60. The quantitative estimate of drug-likeness (QED) is 0.176. The van der Waals surface area contributed by atoms with Gasteiger partial charge in [-0.2, -0.15) is 0 Å². The molecule has 0 radical (unpaired) electrons. The van der Waals surface area contributed by atoms with Crippen molar-refractivity contribution < 1.29 is 58.6 Å². The molecule has 4 aliphatic rings. The van der Waals surface area contributed by atoms with Crippen LogP contribution in [0.4, 0.5) is 5.13 Å². The minimum absolute atomic E-state index is 0. The summed E-state index contributed by atoms with van der Waals surface area (Å²) in [6.45, 7) is 0. The van der Waals surface area contributed by atoms with Gasteiger partial charge in [0.1, 0.15) is 36.1 Å². The Morgan fingerprint density at radius 1 is 1.34 bits per heavy atom. The third-order valence-electron chi connectivity index (χ3n) is 6.28. The molecule has 0 spiro atoms. The number of aromatic nitrogens is 1. The van der Waals surface area contributed by atoms with E-state index in [4.69, 9.17) is 15.3 Å². The number of anilines is 1. The Morgan fingerprint density at radius 2 is 2.11 bits per heavy atom. The van der Waals surface area contributed by atoms with Gasteiger partial charge in [-0.1, -0.05) is 23.4 Å². The maximum atomic E-state index is 13.0. The van der Waals surface area contributed by atoms with Crippen LogP contribution in [0.3, 0.4) is 0 Å². The summed E-state index contributed by atoms with van der Waals surface area (Å²) in [5.41, 5.74) is 7.10. The van der Waals surface area contributed by atoms with Crippen LogP contribution in [0.15, 0.2) is 46.1 Å². The molecular formula is C21H16N5NaO6S2. The number of carbonyl (C=O) groups is 3. The number of nitrogens with one attached hydrogen (secondary N) is 1. The number of rotatable bonds is 5. The Bertz CT molecular complexity index is 1330. The number of para-hydroxylation sites is 1. The topological polar surface area (TPSA) is 159 Å². The van der Waals surface area contributed by atoms with E-state index in [0.717, 1.165) is 16.9 Å². The summed E-state index contributed by atoms with van der Waals surface area (Å²) in [7, 11) is 1.28. The van der Waals surface area contributed by atoms with E-state index in [-0.39, 0.29) is 63.0 Å². The van der Waals surface area contributed by atoms with Crippen molar-refractivity contribution in [1.29, 1.82) is 0 Å². The molecule has 6 rings (SSSR count). The predicted molar refractivity (Wildman–Crippen MR) is 120 cm³/mol.